The minimum Gasteiger partial charge on any atom is -0.459 e. The summed E-state index contributed by atoms with van der Waals surface area (Å²) in [7, 11) is -4.38. The van der Waals surface area contributed by atoms with Gasteiger partial charge >= 0.3 is 11.9 Å². The number of aliphatic hydroxyl groups excluding tert-OH is 4. The third kappa shape index (κ3) is 15.4. The van der Waals surface area contributed by atoms with Crippen molar-refractivity contribution in [3.63, 3.8) is 0 Å². The molecule has 0 amide bonds. The highest BCUT2D eigenvalue weighted by atomic mass is 35.5. The molecule has 0 aromatic heterocycles. The van der Waals surface area contributed by atoms with Gasteiger partial charge in [0.1, 0.15) is 47.6 Å². The molecule has 428 valence electrons. The zero-order chi connectivity index (χ0) is 55.8. The number of rotatable bonds is 20. The molecule has 0 aliphatic carbocycles. The van der Waals surface area contributed by atoms with Crippen LogP contribution in [0.25, 0.3) is 20.9 Å². The van der Waals surface area contributed by atoms with E-state index < -0.39 is 130 Å². The molecule has 4 aliphatic rings. The van der Waals surface area contributed by atoms with Crippen LogP contribution in [0.5, 0.6) is 0 Å². The number of azide groups is 2. The van der Waals surface area contributed by atoms with Crippen LogP contribution in [0.2, 0.25) is 0 Å². The summed E-state index contributed by atoms with van der Waals surface area (Å²) in [5.74, 6) is -6.27. The Bertz CT molecular complexity index is 2260. The molecule has 0 saturated carbocycles. The maximum Gasteiger partial charge on any atom is 0.303 e. The van der Waals surface area contributed by atoms with Gasteiger partial charge < -0.3 is 58.3 Å². The van der Waals surface area contributed by atoms with Crippen molar-refractivity contribution in [3.8, 4) is 0 Å². The zero-order valence-electron chi connectivity index (χ0n) is 43.1. The number of aliphatic hydroxyl groups is 4. The van der Waals surface area contributed by atoms with Crippen LogP contribution in [0.3, 0.4) is 0 Å². The fourth-order valence-corrected chi connectivity index (χ4v) is 12.0. The number of carbonyl (C=O) groups is 2. The maximum absolute atomic E-state index is 13.7. The standard InChI is InChI=1S/C27H41Cl2N3O10S.C19H29Cl2N3O7.CH4/c1-12(2)15-7-16(13(3)4)24(17(8-15)14(5)6)43(37,38)39-10-19-20(29)22(34)23(35)26(40-19)42-27(11-28)25(36)21(33)18(41-27)9-31-32-30;1-6-13-15(21)9(2)16(27-11(4)25)18(29-13)31-19(8-20)10(3)17(28-12(5)26)14(30-19)7-23-24-22;/h7-8,12-14,18-23,25-26,33-36H,9-11H2,1-6H3;9-10,13-18H,6-8H2,1-5H3;1H4/t18-,19-,20+,21-,22+,23-,25+,26-,27+;9-,10-,13+,14+,15+,16+,17-,18+,19-;/m10./s1. The van der Waals surface area contributed by atoms with Crippen molar-refractivity contribution < 1.29 is 80.5 Å². The van der Waals surface area contributed by atoms with Crippen molar-refractivity contribution >= 4 is 68.5 Å². The van der Waals surface area contributed by atoms with E-state index >= 15 is 0 Å². The van der Waals surface area contributed by atoms with Gasteiger partial charge in [0.2, 0.25) is 5.79 Å². The molecule has 75 heavy (non-hydrogen) atoms. The number of nitrogens with zero attached hydrogens (tertiary/aromatic N) is 6. The number of esters is 2. The van der Waals surface area contributed by atoms with Crippen LogP contribution in [-0.4, -0.2) is 168 Å². The van der Waals surface area contributed by atoms with E-state index in [-0.39, 0.29) is 61.1 Å². The van der Waals surface area contributed by atoms with Crippen LogP contribution in [0.15, 0.2) is 27.3 Å². The molecule has 28 heteroatoms. The second kappa shape index (κ2) is 28.5. The number of halogens is 4. The monoisotopic (exact) mass is 1170 g/mol. The normalized spacial score (nSPS) is 35.7. The Kier molecular flexibility index (Phi) is 25.4. The van der Waals surface area contributed by atoms with E-state index in [4.69, 9.17) is 99.5 Å². The van der Waals surface area contributed by atoms with Gasteiger partial charge in [0.15, 0.2) is 24.5 Å². The first-order valence-corrected chi connectivity index (χ1v) is 27.5. The quantitative estimate of drug-likeness (QED) is 0.0247. The van der Waals surface area contributed by atoms with Crippen LogP contribution in [0.1, 0.15) is 124 Å². The highest BCUT2D eigenvalue weighted by Gasteiger charge is 2.60. The van der Waals surface area contributed by atoms with Gasteiger partial charge in [0.25, 0.3) is 10.1 Å². The van der Waals surface area contributed by atoms with Crippen LogP contribution in [0, 0.1) is 11.8 Å². The Balaban J connectivity index is 0.000000411. The van der Waals surface area contributed by atoms with Crippen LogP contribution < -0.4 is 0 Å². The van der Waals surface area contributed by atoms with Crippen LogP contribution in [-0.2, 0) is 61.8 Å². The summed E-state index contributed by atoms with van der Waals surface area (Å²) in [5, 5.41) is 47.5. The molecule has 0 spiro atoms. The number of carbonyl (C=O) groups excluding carboxylic acids is 2. The number of benzene rings is 1. The summed E-state index contributed by atoms with van der Waals surface area (Å²) in [4.78, 5) is 28.8. The first kappa shape index (κ1) is 66.7. The molecule has 0 unspecified atom stereocenters. The van der Waals surface area contributed by atoms with Gasteiger partial charge in [-0.3, -0.25) is 13.8 Å². The molecular weight excluding hydrogens is 1090 g/mol. The van der Waals surface area contributed by atoms with Crippen molar-refractivity contribution in [2.75, 3.05) is 31.5 Å². The van der Waals surface area contributed by atoms with Crippen molar-refractivity contribution in [1.82, 2.24) is 0 Å². The van der Waals surface area contributed by atoms with Crippen molar-refractivity contribution in [3.05, 3.63) is 49.7 Å². The molecule has 4 heterocycles. The second-order valence-electron chi connectivity index (χ2n) is 19.6. The summed E-state index contributed by atoms with van der Waals surface area (Å²) in [5.41, 5.74) is 19.5. The second-order valence-corrected chi connectivity index (χ2v) is 22.7. The van der Waals surface area contributed by atoms with Crippen molar-refractivity contribution in [2.24, 2.45) is 22.1 Å². The van der Waals surface area contributed by atoms with Gasteiger partial charge in [0.05, 0.1) is 60.3 Å². The van der Waals surface area contributed by atoms with Crippen LogP contribution in [0.4, 0.5) is 0 Å². The van der Waals surface area contributed by atoms with Gasteiger partial charge in [-0.15, -0.1) is 46.4 Å². The lowest BCUT2D eigenvalue weighted by Crippen LogP contribution is -2.61. The zero-order valence-corrected chi connectivity index (χ0v) is 46.9. The average molecular weight is 1170 g/mol. The van der Waals surface area contributed by atoms with E-state index in [1.54, 1.807) is 6.92 Å². The highest BCUT2D eigenvalue weighted by molar-refractivity contribution is 7.86. The summed E-state index contributed by atoms with van der Waals surface area (Å²) in [6, 6.07) is 3.73. The average Bonchev–Trinajstić information content (AvgIpc) is 3.74. The van der Waals surface area contributed by atoms with Gasteiger partial charge in [-0.25, -0.2) is 0 Å². The molecular formula is C47H74Cl4N6O17S. The first-order valence-electron chi connectivity index (χ1n) is 24.2. The molecule has 5 rings (SSSR count). The Morgan fingerprint density at radius 2 is 1.23 bits per heavy atom. The molecule has 1 aromatic carbocycles. The highest BCUT2D eigenvalue weighted by Crippen LogP contribution is 2.45. The molecule has 18 atom stereocenters. The molecule has 23 nitrogen and oxygen atoms in total. The maximum atomic E-state index is 13.7. The third-order valence-corrected chi connectivity index (χ3v) is 16.7. The van der Waals surface area contributed by atoms with Crippen LogP contribution >= 0.6 is 46.4 Å². The minimum absolute atomic E-state index is 0. The lowest BCUT2D eigenvalue weighted by molar-refractivity contribution is -0.357. The smallest absolute Gasteiger partial charge is 0.303 e. The minimum atomic E-state index is -4.38. The SMILES string of the molecule is C.CC(C)c1cc(C(C)C)c(S(=O)(=O)OC[C@H]2O[C@H](O[C@]3(CCl)O[C@H](CN=[N+]=[N-])[C@@H](O)[C@@H]3O)[C@H](O)[C@@H](O)[C@H]2Cl)c(C(C)C)c1.CC[C@H]1O[C@H](O[C@]2(CCl)O[C@H](CN=[N+]=[N-])[C@@H](OC(C)=O)[C@@H]2C)[C@H](OC(C)=O)[C@@H](C)[C@H]1Cl. The van der Waals surface area contributed by atoms with Gasteiger partial charge in [-0.2, -0.15) is 8.42 Å². The molecule has 0 bridgehead atoms. The summed E-state index contributed by atoms with van der Waals surface area (Å²) < 4.78 is 79.2. The van der Waals surface area contributed by atoms with Gasteiger partial charge in [0, 0.05) is 29.6 Å². The summed E-state index contributed by atoms with van der Waals surface area (Å²) >= 11 is 25.2. The third-order valence-electron chi connectivity index (χ3n) is 13.4. The number of hydrogen-bond acceptors (Lipinski definition) is 19. The number of alkyl halides is 4. The predicted octanol–water partition coefficient (Wildman–Crippen LogP) is 7.36. The molecule has 4 aliphatic heterocycles. The Labute approximate surface area is 458 Å². The summed E-state index contributed by atoms with van der Waals surface area (Å²) in [6.07, 6.45) is -14.2. The van der Waals surface area contributed by atoms with Gasteiger partial charge in [-0.1, -0.05) is 92.1 Å². The number of ether oxygens (including phenoxy) is 8. The van der Waals surface area contributed by atoms with Crippen molar-refractivity contribution in [1.29, 1.82) is 0 Å². The molecule has 4 N–H and O–H groups in total. The molecule has 4 fully saturated rings. The summed E-state index contributed by atoms with van der Waals surface area (Å²) in [6.45, 7) is 18.6. The topological polar surface area (TPSA) is 330 Å². The lowest BCUT2D eigenvalue weighted by atomic mass is 9.89. The predicted molar refractivity (Wildman–Crippen MR) is 276 cm³/mol. The molecule has 1 aromatic rings. The van der Waals surface area contributed by atoms with Crippen molar-refractivity contribution in [2.45, 2.75) is 209 Å². The van der Waals surface area contributed by atoms with E-state index in [0.717, 1.165) is 5.56 Å². The van der Waals surface area contributed by atoms with E-state index in [0.29, 0.717) is 17.5 Å². The fraction of sp³-hybridized carbons (Fsp3) is 0.830. The molecule has 4 saturated heterocycles. The lowest BCUT2D eigenvalue weighted by Gasteiger charge is -2.45. The first-order chi connectivity index (χ1) is 34.6. The molecule has 0 radical (unpaired) electrons. The van der Waals surface area contributed by atoms with E-state index in [9.17, 15) is 38.4 Å². The largest absolute Gasteiger partial charge is 0.459 e. The Morgan fingerprint density at radius 3 is 1.71 bits per heavy atom. The van der Waals surface area contributed by atoms with Gasteiger partial charge in [-0.05, 0) is 51.9 Å². The van der Waals surface area contributed by atoms with E-state index in [1.165, 1.54) is 13.8 Å². The number of hydrogen-bond donors (Lipinski definition) is 4. The van der Waals surface area contributed by atoms with E-state index in [1.807, 2.05) is 67.5 Å². The Hall–Kier alpha value is -2.55. The fourth-order valence-electron chi connectivity index (χ4n) is 9.09. The Morgan fingerprint density at radius 1 is 0.733 bits per heavy atom. The van der Waals surface area contributed by atoms with E-state index in [2.05, 4.69) is 20.1 Å².